The Hall–Kier alpha value is -1.30. The van der Waals surface area contributed by atoms with Gasteiger partial charge in [-0.05, 0) is 25.2 Å². The Balaban J connectivity index is 1.99. The van der Waals surface area contributed by atoms with Crippen LogP contribution in [0.2, 0.25) is 0 Å². The molecular formula is C14H24N4OS. The first-order valence-corrected chi connectivity index (χ1v) is 8.24. The van der Waals surface area contributed by atoms with Crippen molar-refractivity contribution in [2.24, 2.45) is 5.92 Å². The molecule has 5 nitrogen and oxygen atoms in total. The summed E-state index contributed by atoms with van der Waals surface area (Å²) >= 11 is 1.34. The second kappa shape index (κ2) is 6.92. The second-order valence-electron chi connectivity index (χ2n) is 5.50. The third-order valence-electron chi connectivity index (χ3n) is 3.81. The van der Waals surface area contributed by atoms with Gasteiger partial charge in [-0.3, -0.25) is 4.79 Å². The highest BCUT2D eigenvalue weighted by Crippen LogP contribution is 2.27. The molecule has 20 heavy (non-hydrogen) atoms. The Bertz CT molecular complexity index is 460. The molecule has 1 aromatic heterocycles. The minimum Gasteiger partial charge on any atom is -0.382 e. The van der Waals surface area contributed by atoms with Crippen molar-refractivity contribution in [3.63, 3.8) is 0 Å². The first kappa shape index (κ1) is 15.1. The number of carbonyl (C=O) groups is 1. The standard InChI is InChI=1S/C14H24N4OS/c1-3-8-16-14-18-12(15)11(20-14)13(19)17-10-7-5-4-6-9(10)2/h9-10H,3-8,15H2,1-2H3,(H,16,18)(H,17,19). The maximum atomic E-state index is 12.3. The highest BCUT2D eigenvalue weighted by Gasteiger charge is 2.25. The lowest BCUT2D eigenvalue weighted by Crippen LogP contribution is -2.40. The summed E-state index contributed by atoms with van der Waals surface area (Å²) in [4.78, 5) is 17.1. The van der Waals surface area contributed by atoms with Crippen LogP contribution in [0.25, 0.3) is 0 Å². The third kappa shape index (κ3) is 3.62. The quantitative estimate of drug-likeness (QED) is 0.780. The normalized spacial score (nSPS) is 22.5. The van der Waals surface area contributed by atoms with E-state index in [1.807, 2.05) is 0 Å². The Kier molecular flexibility index (Phi) is 5.23. The van der Waals surface area contributed by atoms with Gasteiger partial charge in [-0.25, -0.2) is 4.98 Å². The Morgan fingerprint density at radius 1 is 1.45 bits per heavy atom. The van der Waals surface area contributed by atoms with Gasteiger partial charge in [-0.1, -0.05) is 38.0 Å². The van der Waals surface area contributed by atoms with Crippen molar-refractivity contribution >= 4 is 28.2 Å². The molecule has 1 aliphatic carbocycles. The third-order valence-corrected chi connectivity index (χ3v) is 4.84. The van der Waals surface area contributed by atoms with Crippen LogP contribution in [0.3, 0.4) is 0 Å². The number of nitrogens with zero attached hydrogens (tertiary/aromatic N) is 1. The molecule has 1 fully saturated rings. The molecule has 2 rings (SSSR count). The van der Waals surface area contributed by atoms with Crippen LogP contribution in [0.15, 0.2) is 0 Å². The van der Waals surface area contributed by atoms with Crippen molar-refractivity contribution in [3.05, 3.63) is 4.88 Å². The Morgan fingerprint density at radius 3 is 2.90 bits per heavy atom. The number of hydrogen-bond acceptors (Lipinski definition) is 5. The number of anilines is 2. The lowest BCUT2D eigenvalue weighted by Gasteiger charge is -2.29. The molecule has 2 unspecified atom stereocenters. The van der Waals surface area contributed by atoms with Crippen molar-refractivity contribution in [1.29, 1.82) is 0 Å². The fourth-order valence-electron chi connectivity index (χ4n) is 2.57. The largest absolute Gasteiger partial charge is 0.382 e. The van der Waals surface area contributed by atoms with Crippen LogP contribution < -0.4 is 16.4 Å². The molecule has 0 radical (unpaired) electrons. The van der Waals surface area contributed by atoms with Crippen LogP contribution >= 0.6 is 11.3 Å². The van der Waals surface area contributed by atoms with E-state index in [9.17, 15) is 4.79 Å². The van der Waals surface area contributed by atoms with E-state index < -0.39 is 0 Å². The first-order chi connectivity index (χ1) is 9.61. The van der Waals surface area contributed by atoms with Crippen molar-refractivity contribution in [2.75, 3.05) is 17.6 Å². The molecule has 1 saturated carbocycles. The number of thiazole rings is 1. The van der Waals surface area contributed by atoms with Crippen LogP contribution in [0.1, 0.15) is 55.6 Å². The fourth-order valence-corrected chi connectivity index (χ4v) is 3.38. The van der Waals surface area contributed by atoms with E-state index in [-0.39, 0.29) is 11.9 Å². The van der Waals surface area contributed by atoms with E-state index in [1.54, 1.807) is 0 Å². The van der Waals surface area contributed by atoms with E-state index >= 15 is 0 Å². The zero-order valence-corrected chi connectivity index (χ0v) is 13.1. The van der Waals surface area contributed by atoms with Crippen molar-refractivity contribution < 1.29 is 4.79 Å². The van der Waals surface area contributed by atoms with Crippen molar-refractivity contribution in [2.45, 2.75) is 52.0 Å². The van der Waals surface area contributed by atoms with Gasteiger partial charge in [0.2, 0.25) is 0 Å². The molecule has 1 heterocycles. The van der Waals surface area contributed by atoms with E-state index in [1.165, 1.54) is 30.6 Å². The zero-order chi connectivity index (χ0) is 14.5. The van der Waals surface area contributed by atoms with Gasteiger partial charge in [0.1, 0.15) is 10.7 Å². The van der Waals surface area contributed by atoms with Crippen LogP contribution in [0.4, 0.5) is 10.9 Å². The number of amides is 1. The SMILES string of the molecule is CCCNc1nc(N)c(C(=O)NC2CCCCC2C)s1. The Morgan fingerprint density at radius 2 is 2.20 bits per heavy atom. The maximum Gasteiger partial charge on any atom is 0.265 e. The minimum atomic E-state index is -0.0803. The average molecular weight is 296 g/mol. The van der Waals surface area contributed by atoms with Gasteiger partial charge in [0.05, 0.1) is 0 Å². The topological polar surface area (TPSA) is 80.0 Å². The Labute approximate surface area is 124 Å². The van der Waals surface area contributed by atoms with Gasteiger partial charge in [0.25, 0.3) is 5.91 Å². The van der Waals surface area contributed by atoms with Gasteiger partial charge in [0, 0.05) is 12.6 Å². The van der Waals surface area contributed by atoms with E-state index in [4.69, 9.17) is 5.73 Å². The van der Waals surface area contributed by atoms with Crippen molar-refractivity contribution in [3.8, 4) is 0 Å². The van der Waals surface area contributed by atoms with Crippen LogP contribution in [0, 0.1) is 5.92 Å². The minimum absolute atomic E-state index is 0.0803. The number of rotatable bonds is 5. The zero-order valence-electron chi connectivity index (χ0n) is 12.2. The number of aromatic nitrogens is 1. The molecule has 2 atom stereocenters. The molecule has 0 saturated heterocycles. The van der Waals surface area contributed by atoms with Gasteiger partial charge in [-0.15, -0.1) is 0 Å². The lowest BCUT2D eigenvalue weighted by atomic mass is 9.86. The van der Waals surface area contributed by atoms with Crippen LogP contribution in [-0.2, 0) is 0 Å². The molecule has 1 amide bonds. The molecule has 0 aliphatic heterocycles. The summed E-state index contributed by atoms with van der Waals surface area (Å²) in [6.45, 7) is 5.13. The predicted octanol–water partition coefficient (Wildman–Crippen LogP) is 2.86. The number of nitrogens with one attached hydrogen (secondary N) is 2. The van der Waals surface area contributed by atoms with Crippen molar-refractivity contribution in [1.82, 2.24) is 10.3 Å². The summed E-state index contributed by atoms with van der Waals surface area (Å²) in [7, 11) is 0. The van der Waals surface area contributed by atoms with E-state index in [0.29, 0.717) is 16.6 Å². The fraction of sp³-hybridized carbons (Fsp3) is 0.714. The molecule has 0 bridgehead atoms. The molecular weight excluding hydrogens is 272 g/mol. The molecule has 6 heteroatoms. The van der Waals surface area contributed by atoms with Crippen LogP contribution in [-0.4, -0.2) is 23.5 Å². The van der Waals surface area contributed by atoms with E-state index in [2.05, 4.69) is 29.5 Å². The summed E-state index contributed by atoms with van der Waals surface area (Å²) in [6, 6.07) is 0.268. The second-order valence-corrected chi connectivity index (χ2v) is 6.50. The average Bonchev–Trinajstić information content (AvgIpc) is 2.80. The lowest BCUT2D eigenvalue weighted by molar-refractivity contribution is 0.0915. The van der Waals surface area contributed by atoms with Gasteiger partial charge < -0.3 is 16.4 Å². The summed E-state index contributed by atoms with van der Waals surface area (Å²) in [6.07, 6.45) is 5.72. The van der Waals surface area contributed by atoms with Gasteiger partial charge in [-0.2, -0.15) is 0 Å². The monoisotopic (exact) mass is 296 g/mol. The maximum absolute atomic E-state index is 12.3. The van der Waals surface area contributed by atoms with Crippen LogP contribution in [0.5, 0.6) is 0 Å². The highest BCUT2D eigenvalue weighted by molar-refractivity contribution is 7.18. The molecule has 4 N–H and O–H groups in total. The van der Waals surface area contributed by atoms with E-state index in [0.717, 1.165) is 24.5 Å². The molecule has 0 spiro atoms. The summed E-state index contributed by atoms with van der Waals surface area (Å²) in [5.74, 6) is 0.789. The summed E-state index contributed by atoms with van der Waals surface area (Å²) in [5, 5.41) is 7.02. The summed E-state index contributed by atoms with van der Waals surface area (Å²) < 4.78 is 0. The van der Waals surface area contributed by atoms with Gasteiger partial charge in [0.15, 0.2) is 5.13 Å². The molecule has 1 aromatic rings. The predicted molar refractivity (Wildman–Crippen MR) is 84.2 cm³/mol. The number of hydrogen-bond donors (Lipinski definition) is 3. The number of nitrogens with two attached hydrogens (primary N) is 1. The molecule has 0 aromatic carbocycles. The van der Waals surface area contributed by atoms with Gasteiger partial charge >= 0.3 is 0 Å². The first-order valence-electron chi connectivity index (χ1n) is 7.42. The summed E-state index contributed by atoms with van der Waals surface area (Å²) in [5.41, 5.74) is 5.85. The number of nitrogen functional groups attached to an aromatic ring is 1. The molecule has 1 aliphatic rings. The molecule has 112 valence electrons. The number of carbonyl (C=O) groups excluding carboxylic acids is 1. The highest BCUT2D eigenvalue weighted by atomic mass is 32.1. The smallest absolute Gasteiger partial charge is 0.265 e.